The first-order chi connectivity index (χ1) is 15.0. The van der Waals surface area contributed by atoms with Gasteiger partial charge < -0.3 is 15.5 Å². The molecule has 2 N–H and O–H groups in total. The van der Waals surface area contributed by atoms with E-state index in [1.807, 2.05) is 20.8 Å². The smallest absolute Gasteiger partial charge is 0.421 e. The summed E-state index contributed by atoms with van der Waals surface area (Å²) in [6, 6.07) is -0.326. The minimum Gasteiger partial charge on any atom is -0.496 e. The number of aliphatic imine (C=N–C) groups is 1. The largest absolute Gasteiger partial charge is 0.496 e. The van der Waals surface area contributed by atoms with Crippen LogP contribution in [0.3, 0.4) is 0 Å². The monoisotopic (exact) mass is 468 g/mol. The Bertz CT molecular complexity index is 1080. The van der Waals surface area contributed by atoms with Gasteiger partial charge in [0.2, 0.25) is 0 Å². The fourth-order valence-electron chi connectivity index (χ4n) is 4.54. The summed E-state index contributed by atoms with van der Waals surface area (Å²) >= 11 is 1.46. The maximum absolute atomic E-state index is 13.5. The van der Waals surface area contributed by atoms with E-state index in [-0.39, 0.29) is 29.0 Å². The summed E-state index contributed by atoms with van der Waals surface area (Å²) in [7, 11) is 1.24. The third-order valence-electron chi connectivity index (χ3n) is 6.50. The van der Waals surface area contributed by atoms with Crippen molar-refractivity contribution in [2.75, 3.05) is 13.0 Å². The minimum atomic E-state index is -4.50. The number of nitrogen functional groups attached to an aromatic ring is 1. The Kier molecular flexibility index (Phi) is 5.81. The highest BCUT2D eigenvalue weighted by molar-refractivity contribution is 7.98. The summed E-state index contributed by atoms with van der Waals surface area (Å²) in [4.78, 5) is 10.7. The molecule has 32 heavy (non-hydrogen) atoms. The number of ether oxygens (including phenoxy) is 1. The normalized spacial score (nSPS) is 30.4. The summed E-state index contributed by atoms with van der Waals surface area (Å²) < 4.78 is 51.6. The quantitative estimate of drug-likeness (QED) is 0.542. The number of aromatic nitrogens is 2. The van der Waals surface area contributed by atoms with E-state index in [0.29, 0.717) is 17.2 Å². The highest BCUT2D eigenvalue weighted by Gasteiger charge is 2.50. The molecule has 3 unspecified atom stereocenters. The topological polar surface area (TPSA) is 81.0 Å². The van der Waals surface area contributed by atoms with E-state index in [9.17, 15) is 13.2 Å². The average Bonchev–Trinajstić information content (AvgIpc) is 3.05. The molecule has 0 amide bonds. The Morgan fingerprint density at radius 3 is 2.62 bits per heavy atom. The molecule has 2 aliphatic heterocycles. The van der Waals surface area contributed by atoms with Gasteiger partial charge in [-0.15, -0.1) is 0 Å². The molecule has 1 saturated carbocycles. The SMILES string of the molecule is COC1=CC2=N[C@@H](C3C[C@@H](C)C3SN=c3c(C)ncc(C)n3N)C(C)N2C=C1C(F)(F)F. The first-order valence-electron chi connectivity index (χ1n) is 10.4. The zero-order valence-electron chi connectivity index (χ0n) is 18.6. The molecular weight excluding hydrogens is 441 g/mol. The number of hydrogen-bond donors (Lipinski definition) is 1. The van der Waals surface area contributed by atoms with E-state index in [2.05, 4.69) is 16.3 Å². The number of hydrogen-bond acceptors (Lipinski definition) is 7. The van der Waals surface area contributed by atoms with Crippen LogP contribution in [0.1, 0.15) is 31.7 Å². The van der Waals surface area contributed by atoms with Gasteiger partial charge in [0.05, 0.1) is 30.6 Å². The molecule has 1 fully saturated rings. The lowest BCUT2D eigenvalue weighted by molar-refractivity contribution is -0.0943. The molecule has 3 heterocycles. The first kappa shape index (κ1) is 22.8. The summed E-state index contributed by atoms with van der Waals surface area (Å²) in [6.07, 6.45) is 0.649. The lowest BCUT2D eigenvalue weighted by Crippen LogP contribution is -2.49. The second kappa shape index (κ2) is 8.17. The maximum Gasteiger partial charge on any atom is 0.421 e. The van der Waals surface area contributed by atoms with Gasteiger partial charge in [0.25, 0.3) is 0 Å². The summed E-state index contributed by atoms with van der Waals surface area (Å²) in [6.45, 7) is 7.80. The van der Waals surface area contributed by atoms with E-state index < -0.39 is 11.7 Å². The van der Waals surface area contributed by atoms with Crippen molar-refractivity contribution < 1.29 is 17.9 Å². The van der Waals surface area contributed by atoms with Gasteiger partial charge in [-0.2, -0.15) is 17.6 Å². The second-order valence-electron chi connectivity index (χ2n) is 8.60. The van der Waals surface area contributed by atoms with Crippen molar-refractivity contribution in [1.82, 2.24) is 14.6 Å². The fourth-order valence-corrected chi connectivity index (χ4v) is 5.73. The van der Waals surface area contributed by atoms with Gasteiger partial charge in [-0.3, -0.25) is 9.98 Å². The average molecular weight is 469 g/mol. The minimum absolute atomic E-state index is 0.131. The van der Waals surface area contributed by atoms with Crippen LogP contribution in [-0.4, -0.2) is 51.0 Å². The van der Waals surface area contributed by atoms with E-state index in [1.165, 1.54) is 29.8 Å². The zero-order valence-corrected chi connectivity index (χ0v) is 19.4. The number of allylic oxidation sites excluding steroid dienone is 1. The molecule has 5 atom stereocenters. The van der Waals surface area contributed by atoms with Crippen LogP contribution in [0.2, 0.25) is 0 Å². The molecule has 0 aromatic carbocycles. The summed E-state index contributed by atoms with van der Waals surface area (Å²) in [5.74, 6) is 7.02. The third-order valence-corrected chi connectivity index (χ3v) is 7.84. The molecule has 1 aromatic heterocycles. The number of amidine groups is 1. The zero-order chi connectivity index (χ0) is 23.4. The predicted octanol–water partition coefficient (Wildman–Crippen LogP) is 3.25. The molecule has 7 nitrogen and oxygen atoms in total. The number of aryl methyl sites for hydroxylation is 2. The number of rotatable bonds is 4. The molecule has 0 radical (unpaired) electrons. The van der Waals surface area contributed by atoms with Crippen molar-refractivity contribution in [2.24, 2.45) is 21.2 Å². The van der Waals surface area contributed by atoms with Crippen LogP contribution in [0.25, 0.3) is 0 Å². The lowest BCUT2D eigenvalue weighted by atomic mass is 9.70. The van der Waals surface area contributed by atoms with E-state index in [1.54, 1.807) is 11.1 Å². The lowest BCUT2D eigenvalue weighted by Gasteiger charge is -2.45. The molecule has 4 rings (SSSR count). The van der Waals surface area contributed by atoms with Crippen molar-refractivity contribution in [1.29, 1.82) is 0 Å². The van der Waals surface area contributed by atoms with Gasteiger partial charge >= 0.3 is 6.18 Å². The Morgan fingerprint density at radius 2 is 2.00 bits per heavy atom. The molecule has 0 spiro atoms. The van der Waals surface area contributed by atoms with Crippen LogP contribution in [0.5, 0.6) is 0 Å². The molecule has 0 saturated heterocycles. The molecule has 3 aliphatic rings. The molecule has 1 aliphatic carbocycles. The molecular formula is C21H27F3N6OS. The van der Waals surface area contributed by atoms with Crippen LogP contribution in [0, 0.1) is 25.7 Å². The number of alkyl halides is 3. The number of halogens is 3. The Hall–Kier alpha value is -2.43. The molecule has 0 bridgehead atoms. The number of fused-ring (bicyclic) bond motifs is 1. The number of nitrogens with two attached hydrogens (primary N) is 1. The predicted molar refractivity (Wildman–Crippen MR) is 118 cm³/mol. The van der Waals surface area contributed by atoms with Gasteiger partial charge in [-0.25, -0.2) is 4.68 Å². The second-order valence-corrected chi connectivity index (χ2v) is 9.53. The van der Waals surface area contributed by atoms with Crippen molar-refractivity contribution in [3.8, 4) is 0 Å². The van der Waals surface area contributed by atoms with Crippen molar-refractivity contribution in [3.05, 3.63) is 46.7 Å². The Labute approximate surface area is 189 Å². The standard InChI is InChI=1S/C21H27F3N6OS/c1-10-6-14(19(10)32-28-20-12(3)26-8-11(2)30(20)25)18-13(4)29-9-15(21(22,23)24)16(31-5)7-17(29)27-18/h7-10,13-14,18-19H,6,25H2,1-5H3/t10-,13?,14?,18-,19?/m1/s1. The molecule has 174 valence electrons. The van der Waals surface area contributed by atoms with Crippen LogP contribution < -0.4 is 11.3 Å². The van der Waals surface area contributed by atoms with Crippen LogP contribution in [0.4, 0.5) is 13.2 Å². The van der Waals surface area contributed by atoms with Gasteiger partial charge in [-0.1, -0.05) is 6.92 Å². The van der Waals surface area contributed by atoms with Crippen LogP contribution in [-0.2, 0) is 4.74 Å². The third kappa shape index (κ3) is 3.80. The van der Waals surface area contributed by atoms with Crippen LogP contribution in [0.15, 0.2) is 39.2 Å². The van der Waals surface area contributed by atoms with Gasteiger partial charge in [-0.05, 0) is 51.0 Å². The van der Waals surface area contributed by atoms with Gasteiger partial charge in [0, 0.05) is 23.7 Å². The van der Waals surface area contributed by atoms with E-state index >= 15 is 0 Å². The van der Waals surface area contributed by atoms with E-state index in [4.69, 9.17) is 15.6 Å². The Balaban J connectivity index is 1.59. The first-order valence-corrected chi connectivity index (χ1v) is 11.3. The summed E-state index contributed by atoms with van der Waals surface area (Å²) in [5, 5.41) is 0.185. The van der Waals surface area contributed by atoms with Gasteiger partial charge in [0.15, 0.2) is 5.49 Å². The molecule has 11 heteroatoms. The van der Waals surface area contributed by atoms with Crippen molar-refractivity contribution in [3.63, 3.8) is 0 Å². The Morgan fingerprint density at radius 1 is 1.28 bits per heavy atom. The maximum atomic E-state index is 13.5. The summed E-state index contributed by atoms with van der Waals surface area (Å²) in [5.41, 5.74) is 1.36. The molecule has 1 aromatic rings. The highest BCUT2D eigenvalue weighted by Crippen LogP contribution is 2.48. The van der Waals surface area contributed by atoms with Crippen molar-refractivity contribution >= 4 is 17.8 Å². The van der Waals surface area contributed by atoms with Crippen LogP contribution >= 0.6 is 11.9 Å². The number of methoxy groups -OCH3 is 1. The van der Waals surface area contributed by atoms with Crippen molar-refractivity contribution in [2.45, 2.75) is 57.6 Å². The fraction of sp³-hybridized carbons (Fsp3) is 0.571. The van der Waals surface area contributed by atoms with E-state index in [0.717, 1.165) is 24.0 Å². The van der Waals surface area contributed by atoms with Gasteiger partial charge in [0.1, 0.15) is 17.2 Å². The highest BCUT2D eigenvalue weighted by atomic mass is 32.2. The number of nitrogens with zero attached hydrogens (tertiary/aromatic N) is 5.